The van der Waals surface area contributed by atoms with Crippen LogP contribution < -0.4 is 14.8 Å². The molecule has 0 atom stereocenters. The van der Waals surface area contributed by atoms with Gasteiger partial charge in [-0.05, 0) is 49.1 Å². The number of hydrogen-bond donors (Lipinski definition) is 1. The van der Waals surface area contributed by atoms with E-state index in [4.69, 9.17) is 14.2 Å². The van der Waals surface area contributed by atoms with Gasteiger partial charge in [-0.15, -0.1) is 0 Å². The molecule has 2 heterocycles. The second-order valence-corrected chi connectivity index (χ2v) is 10.5. The molecule has 8 nitrogen and oxygen atoms in total. The predicted octanol–water partition coefficient (Wildman–Crippen LogP) is 3.56. The van der Waals surface area contributed by atoms with Crippen LogP contribution >= 0.6 is 0 Å². The van der Waals surface area contributed by atoms with Gasteiger partial charge in [0.05, 0.1) is 18.1 Å². The van der Waals surface area contributed by atoms with E-state index in [9.17, 15) is 13.2 Å². The van der Waals surface area contributed by atoms with Crippen molar-refractivity contribution in [1.29, 1.82) is 0 Å². The van der Waals surface area contributed by atoms with Gasteiger partial charge in [0.15, 0.2) is 11.5 Å². The molecule has 176 valence electrons. The number of rotatable bonds is 5. The van der Waals surface area contributed by atoms with Crippen LogP contribution in [-0.2, 0) is 21.2 Å². The van der Waals surface area contributed by atoms with Gasteiger partial charge >= 0.3 is 0 Å². The van der Waals surface area contributed by atoms with Gasteiger partial charge in [0.25, 0.3) is 11.7 Å². The van der Waals surface area contributed by atoms with Crippen LogP contribution in [0.3, 0.4) is 0 Å². The third-order valence-corrected chi connectivity index (χ3v) is 8.44. The molecule has 1 N–H and O–H groups in total. The lowest BCUT2D eigenvalue weighted by Crippen LogP contribution is -2.41. The number of fused-ring (bicyclic) bond motifs is 1. The summed E-state index contributed by atoms with van der Waals surface area (Å²) in [5, 5.41) is 2.86. The van der Waals surface area contributed by atoms with Gasteiger partial charge in [0.2, 0.25) is 10.0 Å². The average molecular weight is 473 g/mol. The van der Waals surface area contributed by atoms with E-state index >= 15 is 0 Å². The van der Waals surface area contributed by atoms with Crippen molar-refractivity contribution in [3.63, 3.8) is 0 Å². The van der Waals surface area contributed by atoms with Crippen LogP contribution in [0, 0.1) is 0 Å². The van der Waals surface area contributed by atoms with E-state index in [1.54, 1.807) is 30.3 Å². The number of carbonyl (C=O) groups is 1. The minimum atomic E-state index is -3.72. The average Bonchev–Trinajstić information content (AvgIpc) is 3.44. The number of ether oxygens (including phenoxy) is 3. The van der Waals surface area contributed by atoms with Crippen LogP contribution in [0.5, 0.6) is 11.5 Å². The lowest BCUT2D eigenvalue weighted by atomic mass is 10.1. The first-order valence-corrected chi connectivity index (χ1v) is 12.9. The Morgan fingerprint density at radius 1 is 1.03 bits per heavy atom. The monoisotopic (exact) mass is 472 g/mol. The standard InChI is InChI=1S/C24H28N2O6S/c1-2-17-5-6-18(15-22(17)33(28,29)26-11-13-30-14-12-26)23(27)25-19-7-8-20-21(16-19)32-24(31-20)9-3-4-10-24/h5-8,15-16H,2-4,9-14H2,1H3,(H,25,27). The largest absolute Gasteiger partial charge is 0.448 e. The summed E-state index contributed by atoms with van der Waals surface area (Å²) in [4.78, 5) is 13.2. The second kappa shape index (κ2) is 8.62. The van der Waals surface area contributed by atoms with Crippen molar-refractivity contribution < 1.29 is 27.4 Å². The van der Waals surface area contributed by atoms with Crippen molar-refractivity contribution in [3.8, 4) is 11.5 Å². The maximum Gasteiger partial charge on any atom is 0.255 e. The maximum atomic E-state index is 13.3. The van der Waals surface area contributed by atoms with Gasteiger partial charge in [-0.2, -0.15) is 4.31 Å². The Balaban J connectivity index is 1.37. The first-order chi connectivity index (χ1) is 15.9. The zero-order valence-electron chi connectivity index (χ0n) is 18.6. The third kappa shape index (κ3) is 4.20. The molecular formula is C24H28N2O6S. The highest BCUT2D eigenvalue weighted by molar-refractivity contribution is 7.89. The summed E-state index contributed by atoms with van der Waals surface area (Å²) < 4.78 is 45.3. The summed E-state index contributed by atoms with van der Waals surface area (Å²) >= 11 is 0. The highest BCUT2D eigenvalue weighted by Gasteiger charge is 2.44. The maximum absolute atomic E-state index is 13.3. The minimum absolute atomic E-state index is 0.174. The molecule has 0 aromatic heterocycles. The SMILES string of the molecule is CCc1ccc(C(=O)Nc2ccc3c(c2)OC2(CCCC2)O3)cc1S(=O)(=O)N1CCOCC1. The fourth-order valence-electron chi connectivity index (χ4n) is 4.65. The lowest BCUT2D eigenvalue weighted by Gasteiger charge is -2.27. The van der Waals surface area contributed by atoms with E-state index in [2.05, 4.69) is 5.32 Å². The van der Waals surface area contributed by atoms with Crippen molar-refractivity contribution in [3.05, 3.63) is 47.5 Å². The number of sulfonamides is 1. The number of carbonyl (C=O) groups excluding carboxylic acids is 1. The Labute approximate surface area is 193 Å². The second-order valence-electron chi connectivity index (χ2n) is 8.63. The molecule has 0 radical (unpaired) electrons. The third-order valence-electron chi connectivity index (χ3n) is 6.46. The van der Waals surface area contributed by atoms with E-state index in [0.717, 1.165) is 25.7 Å². The van der Waals surface area contributed by atoms with E-state index in [-0.39, 0.29) is 16.4 Å². The number of amides is 1. The number of aryl methyl sites for hydroxylation is 1. The molecule has 0 unspecified atom stereocenters. The fourth-order valence-corrected chi connectivity index (χ4v) is 6.37. The highest BCUT2D eigenvalue weighted by atomic mass is 32.2. The Hall–Kier alpha value is -2.62. The summed E-state index contributed by atoms with van der Waals surface area (Å²) in [6.45, 7) is 3.25. The minimum Gasteiger partial charge on any atom is -0.448 e. The number of morpholine rings is 1. The van der Waals surface area contributed by atoms with Crippen LogP contribution in [0.15, 0.2) is 41.3 Å². The van der Waals surface area contributed by atoms with Gasteiger partial charge < -0.3 is 19.5 Å². The summed E-state index contributed by atoms with van der Waals surface area (Å²) in [7, 11) is -3.72. The Morgan fingerprint density at radius 2 is 1.76 bits per heavy atom. The molecular weight excluding hydrogens is 444 g/mol. The molecule has 1 saturated carbocycles. The Kier molecular flexibility index (Phi) is 5.80. The van der Waals surface area contributed by atoms with E-state index in [1.807, 2.05) is 6.92 Å². The Morgan fingerprint density at radius 3 is 2.48 bits per heavy atom. The number of hydrogen-bond acceptors (Lipinski definition) is 6. The first-order valence-electron chi connectivity index (χ1n) is 11.4. The molecule has 2 aliphatic heterocycles. The number of nitrogens with zero attached hydrogens (tertiary/aromatic N) is 1. The molecule has 1 saturated heterocycles. The first kappa shape index (κ1) is 22.2. The van der Waals surface area contributed by atoms with Crippen molar-refractivity contribution in [2.45, 2.75) is 49.7 Å². The van der Waals surface area contributed by atoms with Crippen LogP contribution in [0.1, 0.15) is 48.5 Å². The molecule has 3 aliphatic rings. The van der Waals surface area contributed by atoms with Crippen LogP contribution in [-0.4, -0.2) is 50.7 Å². The normalized spacial score (nSPS) is 19.7. The van der Waals surface area contributed by atoms with Crippen molar-refractivity contribution in [1.82, 2.24) is 4.31 Å². The van der Waals surface area contributed by atoms with Gasteiger partial charge in [0.1, 0.15) is 0 Å². The van der Waals surface area contributed by atoms with E-state index < -0.39 is 15.8 Å². The van der Waals surface area contributed by atoms with Crippen molar-refractivity contribution >= 4 is 21.6 Å². The molecule has 1 spiro atoms. The van der Waals surface area contributed by atoms with Gasteiger partial charge in [-0.1, -0.05) is 13.0 Å². The predicted molar refractivity (Wildman–Crippen MR) is 122 cm³/mol. The van der Waals surface area contributed by atoms with Crippen molar-refractivity contribution in [2.75, 3.05) is 31.6 Å². The van der Waals surface area contributed by atoms with E-state index in [0.29, 0.717) is 55.5 Å². The van der Waals surface area contributed by atoms with Gasteiger partial charge in [-0.25, -0.2) is 8.42 Å². The fraction of sp³-hybridized carbons (Fsp3) is 0.458. The summed E-state index contributed by atoms with van der Waals surface area (Å²) in [6.07, 6.45) is 4.40. The number of anilines is 1. The summed E-state index contributed by atoms with van der Waals surface area (Å²) in [5.41, 5.74) is 1.53. The topological polar surface area (TPSA) is 94.2 Å². The molecule has 1 aliphatic carbocycles. The molecule has 1 amide bonds. The van der Waals surface area contributed by atoms with Gasteiger partial charge in [-0.3, -0.25) is 4.79 Å². The van der Waals surface area contributed by atoms with Crippen LogP contribution in [0.25, 0.3) is 0 Å². The summed E-state index contributed by atoms with van der Waals surface area (Å²) in [6, 6.07) is 10.2. The smallest absolute Gasteiger partial charge is 0.255 e. The van der Waals surface area contributed by atoms with Crippen LogP contribution in [0.4, 0.5) is 5.69 Å². The molecule has 2 fully saturated rings. The molecule has 2 aromatic carbocycles. The molecule has 9 heteroatoms. The lowest BCUT2D eigenvalue weighted by molar-refractivity contribution is -0.0716. The summed E-state index contributed by atoms with van der Waals surface area (Å²) in [5.74, 6) is 0.349. The quantitative estimate of drug-likeness (QED) is 0.715. The zero-order chi connectivity index (χ0) is 23.1. The van der Waals surface area contributed by atoms with Crippen LogP contribution in [0.2, 0.25) is 0 Å². The molecule has 0 bridgehead atoms. The number of benzene rings is 2. The zero-order valence-corrected chi connectivity index (χ0v) is 19.4. The van der Waals surface area contributed by atoms with Crippen molar-refractivity contribution in [2.24, 2.45) is 0 Å². The number of nitrogens with one attached hydrogen (secondary N) is 1. The highest BCUT2D eigenvalue weighted by Crippen LogP contribution is 2.47. The molecule has 2 aromatic rings. The Bertz CT molecular complexity index is 1170. The molecule has 5 rings (SSSR count). The van der Waals surface area contributed by atoms with Gasteiger partial charge in [0, 0.05) is 43.2 Å². The van der Waals surface area contributed by atoms with E-state index in [1.165, 1.54) is 10.4 Å². The molecule has 33 heavy (non-hydrogen) atoms.